The van der Waals surface area contributed by atoms with E-state index in [-0.39, 0.29) is 11.9 Å². The first kappa shape index (κ1) is 15.2. The average molecular weight is 296 g/mol. The zero-order chi connectivity index (χ0) is 15.5. The van der Waals surface area contributed by atoms with E-state index in [2.05, 4.69) is 4.74 Å². The summed E-state index contributed by atoms with van der Waals surface area (Å²) in [5.41, 5.74) is 1.66. The fraction of sp³-hybridized carbons (Fsp3) is 0.250. The lowest BCUT2D eigenvalue weighted by molar-refractivity contribution is -0.274. The highest BCUT2D eigenvalue weighted by Gasteiger charge is 2.30. The minimum absolute atomic E-state index is 0.0582. The summed E-state index contributed by atoms with van der Waals surface area (Å²) in [5.74, 6) is 0.485. The Kier molecular flexibility index (Phi) is 4.40. The number of hydrogen-bond donors (Lipinski definition) is 0. The summed E-state index contributed by atoms with van der Waals surface area (Å²) in [5, 5.41) is 0. The van der Waals surface area contributed by atoms with Crippen LogP contribution in [0.2, 0.25) is 0 Å². The van der Waals surface area contributed by atoms with Gasteiger partial charge in [-0.1, -0.05) is 24.3 Å². The SMILES string of the molecule is CC(C)Oc1cccc(-c2ccc(OC(F)(F)F)cc2)c1. The molecular formula is C16H15F3O2. The molecule has 2 aromatic carbocycles. The van der Waals surface area contributed by atoms with Gasteiger partial charge in [-0.3, -0.25) is 0 Å². The van der Waals surface area contributed by atoms with E-state index < -0.39 is 6.36 Å². The molecule has 0 aromatic heterocycles. The zero-order valence-electron chi connectivity index (χ0n) is 11.6. The van der Waals surface area contributed by atoms with E-state index in [0.29, 0.717) is 0 Å². The molecule has 0 saturated heterocycles. The van der Waals surface area contributed by atoms with E-state index >= 15 is 0 Å². The first-order chi connectivity index (χ1) is 9.83. The minimum Gasteiger partial charge on any atom is -0.491 e. The van der Waals surface area contributed by atoms with Gasteiger partial charge >= 0.3 is 6.36 Å². The van der Waals surface area contributed by atoms with Gasteiger partial charge in [0, 0.05) is 0 Å². The molecule has 0 aliphatic heterocycles. The van der Waals surface area contributed by atoms with Gasteiger partial charge in [0.15, 0.2) is 0 Å². The molecule has 0 unspecified atom stereocenters. The predicted molar refractivity (Wildman–Crippen MR) is 74.3 cm³/mol. The molecule has 2 nitrogen and oxygen atoms in total. The summed E-state index contributed by atoms with van der Waals surface area (Å²) < 4.78 is 45.7. The standard InChI is InChI=1S/C16H15F3O2/c1-11(2)20-15-5-3-4-13(10-15)12-6-8-14(9-7-12)21-16(17,18)19/h3-11H,1-2H3. The zero-order valence-corrected chi connectivity index (χ0v) is 11.6. The second kappa shape index (κ2) is 6.08. The van der Waals surface area contributed by atoms with Gasteiger partial charge in [-0.2, -0.15) is 0 Å². The van der Waals surface area contributed by atoms with Crippen molar-refractivity contribution in [2.45, 2.75) is 26.3 Å². The number of benzene rings is 2. The Bertz CT molecular complexity index is 589. The summed E-state index contributed by atoms with van der Waals surface area (Å²) in [6.07, 6.45) is -4.62. The van der Waals surface area contributed by atoms with Crippen molar-refractivity contribution in [1.82, 2.24) is 0 Å². The molecule has 2 aromatic rings. The smallest absolute Gasteiger partial charge is 0.491 e. The van der Waals surface area contributed by atoms with Gasteiger partial charge in [-0.05, 0) is 49.2 Å². The molecule has 0 radical (unpaired) electrons. The van der Waals surface area contributed by atoms with Crippen molar-refractivity contribution >= 4 is 0 Å². The van der Waals surface area contributed by atoms with Crippen molar-refractivity contribution in [3.8, 4) is 22.6 Å². The van der Waals surface area contributed by atoms with E-state index in [9.17, 15) is 13.2 Å². The predicted octanol–water partition coefficient (Wildman–Crippen LogP) is 5.04. The van der Waals surface area contributed by atoms with Crippen LogP contribution < -0.4 is 9.47 Å². The molecule has 0 fully saturated rings. The van der Waals surface area contributed by atoms with Gasteiger partial charge in [0.2, 0.25) is 0 Å². The molecule has 5 heteroatoms. The van der Waals surface area contributed by atoms with Gasteiger partial charge in [0.25, 0.3) is 0 Å². The molecule has 0 heterocycles. The van der Waals surface area contributed by atoms with E-state index in [1.165, 1.54) is 12.1 Å². The Morgan fingerprint density at radius 1 is 0.857 bits per heavy atom. The largest absolute Gasteiger partial charge is 0.573 e. The van der Waals surface area contributed by atoms with Crippen LogP contribution in [-0.2, 0) is 0 Å². The van der Waals surface area contributed by atoms with Crippen molar-refractivity contribution in [3.63, 3.8) is 0 Å². The van der Waals surface area contributed by atoms with Crippen LogP contribution in [0.25, 0.3) is 11.1 Å². The summed E-state index contributed by atoms with van der Waals surface area (Å²) in [4.78, 5) is 0. The summed E-state index contributed by atoms with van der Waals surface area (Å²) in [6.45, 7) is 3.85. The Labute approximate surface area is 121 Å². The van der Waals surface area contributed by atoms with Crippen molar-refractivity contribution < 1.29 is 22.6 Å². The Morgan fingerprint density at radius 2 is 1.52 bits per heavy atom. The molecule has 0 bridgehead atoms. The van der Waals surface area contributed by atoms with Crippen molar-refractivity contribution in [1.29, 1.82) is 0 Å². The minimum atomic E-state index is -4.67. The summed E-state index contributed by atoms with van der Waals surface area (Å²) >= 11 is 0. The molecule has 0 aliphatic carbocycles. The average Bonchev–Trinajstić information content (AvgIpc) is 2.37. The highest BCUT2D eigenvalue weighted by atomic mass is 19.4. The van der Waals surface area contributed by atoms with Gasteiger partial charge < -0.3 is 9.47 Å². The highest BCUT2D eigenvalue weighted by Crippen LogP contribution is 2.28. The molecule has 0 spiro atoms. The number of alkyl halides is 3. The molecule has 0 saturated carbocycles. The van der Waals surface area contributed by atoms with Crippen LogP contribution in [0.4, 0.5) is 13.2 Å². The van der Waals surface area contributed by atoms with Crippen LogP contribution in [0.3, 0.4) is 0 Å². The third-order valence-electron chi connectivity index (χ3n) is 2.63. The first-order valence-corrected chi connectivity index (χ1v) is 6.46. The monoisotopic (exact) mass is 296 g/mol. The lowest BCUT2D eigenvalue weighted by Crippen LogP contribution is -2.16. The lowest BCUT2D eigenvalue weighted by Gasteiger charge is -2.12. The summed E-state index contributed by atoms with van der Waals surface area (Å²) in [6, 6.07) is 13.1. The number of hydrogen-bond acceptors (Lipinski definition) is 2. The second-order valence-electron chi connectivity index (χ2n) is 4.77. The Balaban J connectivity index is 2.18. The van der Waals surface area contributed by atoms with Crippen LogP contribution in [0.5, 0.6) is 11.5 Å². The molecule has 0 amide bonds. The Morgan fingerprint density at radius 3 is 2.10 bits per heavy atom. The third kappa shape index (κ3) is 4.70. The normalized spacial score (nSPS) is 11.5. The van der Waals surface area contributed by atoms with Crippen LogP contribution >= 0.6 is 0 Å². The fourth-order valence-electron chi connectivity index (χ4n) is 1.87. The number of halogens is 3. The van der Waals surface area contributed by atoms with E-state index in [0.717, 1.165) is 16.9 Å². The van der Waals surface area contributed by atoms with Crippen LogP contribution in [0.1, 0.15) is 13.8 Å². The van der Waals surface area contributed by atoms with Crippen LogP contribution in [0, 0.1) is 0 Å². The van der Waals surface area contributed by atoms with Gasteiger partial charge in [-0.15, -0.1) is 13.2 Å². The second-order valence-corrected chi connectivity index (χ2v) is 4.77. The lowest BCUT2D eigenvalue weighted by atomic mass is 10.1. The maximum Gasteiger partial charge on any atom is 0.573 e. The Hall–Kier alpha value is -2.17. The van der Waals surface area contributed by atoms with E-state index in [4.69, 9.17) is 4.74 Å². The van der Waals surface area contributed by atoms with Crippen molar-refractivity contribution in [3.05, 3.63) is 48.5 Å². The summed E-state index contributed by atoms with van der Waals surface area (Å²) in [7, 11) is 0. The van der Waals surface area contributed by atoms with E-state index in [1.54, 1.807) is 12.1 Å². The molecule has 2 rings (SSSR count). The van der Waals surface area contributed by atoms with E-state index in [1.807, 2.05) is 38.1 Å². The molecule has 112 valence electrons. The molecule has 21 heavy (non-hydrogen) atoms. The van der Waals surface area contributed by atoms with Gasteiger partial charge in [0.05, 0.1) is 6.10 Å². The topological polar surface area (TPSA) is 18.5 Å². The quantitative estimate of drug-likeness (QED) is 0.787. The highest BCUT2D eigenvalue weighted by molar-refractivity contribution is 5.65. The first-order valence-electron chi connectivity index (χ1n) is 6.46. The maximum absolute atomic E-state index is 12.1. The third-order valence-corrected chi connectivity index (χ3v) is 2.63. The fourth-order valence-corrected chi connectivity index (χ4v) is 1.87. The van der Waals surface area contributed by atoms with Crippen LogP contribution in [-0.4, -0.2) is 12.5 Å². The number of ether oxygens (including phenoxy) is 2. The van der Waals surface area contributed by atoms with Crippen molar-refractivity contribution in [2.24, 2.45) is 0 Å². The van der Waals surface area contributed by atoms with Gasteiger partial charge in [-0.25, -0.2) is 0 Å². The van der Waals surface area contributed by atoms with Crippen molar-refractivity contribution in [2.75, 3.05) is 0 Å². The molecular weight excluding hydrogens is 281 g/mol. The molecule has 0 aliphatic rings. The van der Waals surface area contributed by atoms with Gasteiger partial charge in [0.1, 0.15) is 11.5 Å². The van der Waals surface area contributed by atoms with Crippen LogP contribution in [0.15, 0.2) is 48.5 Å². The number of rotatable bonds is 4. The molecule has 0 N–H and O–H groups in total. The molecule has 0 atom stereocenters. The maximum atomic E-state index is 12.1.